The summed E-state index contributed by atoms with van der Waals surface area (Å²) >= 11 is 0. The van der Waals surface area contributed by atoms with Crippen molar-refractivity contribution in [3.8, 4) is 0 Å². The molecule has 0 fully saturated rings. The molecule has 0 aromatic heterocycles. The summed E-state index contributed by atoms with van der Waals surface area (Å²) in [6.07, 6.45) is -0.905. The fraction of sp³-hybridized carbons (Fsp3) is 0.333. The Morgan fingerprint density at radius 2 is 2.07 bits per heavy atom. The van der Waals surface area contributed by atoms with Gasteiger partial charge in [-0.1, -0.05) is 30.3 Å². The normalized spacial score (nSPS) is 25.1. The maximum atomic E-state index is 10.6. The lowest BCUT2D eigenvalue weighted by Crippen LogP contribution is -2.23. The summed E-state index contributed by atoms with van der Waals surface area (Å²) in [7, 11) is 0. The number of azo groups is 1. The first-order chi connectivity index (χ1) is 6.79. The van der Waals surface area contributed by atoms with Gasteiger partial charge in [-0.15, -0.1) is 5.11 Å². The van der Waals surface area contributed by atoms with Crippen LogP contribution < -0.4 is 0 Å². The van der Waals surface area contributed by atoms with E-state index in [-0.39, 0.29) is 10.8 Å². The minimum Gasteiger partial charge on any atom is -0.262 e. The van der Waals surface area contributed by atoms with Gasteiger partial charge in [0.2, 0.25) is 0 Å². The van der Waals surface area contributed by atoms with E-state index in [2.05, 4.69) is 10.2 Å². The van der Waals surface area contributed by atoms with Gasteiger partial charge in [0, 0.05) is 4.92 Å². The maximum absolute atomic E-state index is 10.6. The molecule has 0 N–H and O–H groups in total. The number of benzene rings is 1. The van der Waals surface area contributed by atoms with Gasteiger partial charge < -0.3 is 0 Å². The van der Waals surface area contributed by atoms with Crippen molar-refractivity contribution in [2.24, 2.45) is 10.2 Å². The van der Waals surface area contributed by atoms with Gasteiger partial charge in [-0.2, -0.15) is 5.11 Å². The summed E-state index contributed by atoms with van der Waals surface area (Å²) in [4.78, 5) is 10.3. The standard InChI is InChI=1S/C9H9N3O2/c13-12(14)9-8(6-10-11-9)7-4-2-1-3-5-7/h1-5,8-9H,6H2. The first kappa shape index (κ1) is 8.80. The van der Waals surface area contributed by atoms with Crippen LogP contribution in [0.25, 0.3) is 0 Å². The van der Waals surface area contributed by atoms with Crippen LogP contribution in [-0.4, -0.2) is 17.6 Å². The molecule has 0 saturated heterocycles. The molecule has 72 valence electrons. The highest BCUT2D eigenvalue weighted by atomic mass is 16.6. The van der Waals surface area contributed by atoms with Crippen LogP contribution in [0.15, 0.2) is 40.6 Å². The lowest BCUT2D eigenvalue weighted by Gasteiger charge is -2.09. The second kappa shape index (κ2) is 3.53. The zero-order chi connectivity index (χ0) is 9.97. The van der Waals surface area contributed by atoms with Crippen molar-refractivity contribution < 1.29 is 4.92 Å². The van der Waals surface area contributed by atoms with Crippen molar-refractivity contribution in [2.75, 3.05) is 6.54 Å². The molecule has 0 bridgehead atoms. The van der Waals surface area contributed by atoms with Gasteiger partial charge in [-0.25, -0.2) is 0 Å². The summed E-state index contributed by atoms with van der Waals surface area (Å²) in [6, 6.07) is 9.36. The molecule has 2 unspecified atom stereocenters. The highest BCUT2D eigenvalue weighted by Crippen LogP contribution is 2.27. The van der Waals surface area contributed by atoms with Gasteiger partial charge in [0.05, 0.1) is 12.5 Å². The molecule has 2 atom stereocenters. The van der Waals surface area contributed by atoms with E-state index in [0.29, 0.717) is 6.54 Å². The van der Waals surface area contributed by atoms with E-state index in [1.807, 2.05) is 30.3 Å². The van der Waals surface area contributed by atoms with E-state index in [9.17, 15) is 10.1 Å². The first-order valence-electron chi connectivity index (χ1n) is 4.34. The second-order valence-corrected chi connectivity index (χ2v) is 3.16. The fourth-order valence-electron chi connectivity index (χ4n) is 1.56. The lowest BCUT2D eigenvalue weighted by atomic mass is 9.98. The molecule has 1 aliphatic heterocycles. The maximum Gasteiger partial charge on any atom is 0.329 e. The van der Waals surface area contributed by atoms with Crippen LogP contribution in [0, 0.1) is 10.1 Å². The van der Waals surface area contributed by atoms with E-state index in [0.717, 1.165) is 5.56 Å². The van der Waals surface area contributed by atoms with Crippen molar-refractivity contribution in [2.45, 2.75) is 12.1 Å². The summed E-state index contributed by atoms with van der Waals surface area (Å²) in [6.45, 7) is 0.412. The van der Waals surface area contributed by atoms with Gasteiger partial charge in [0.15, 0.2) is 0 Å². The van der Waals surface area contributed by atoms with Gasteiger partial charge in [-0.05, 0) is 5.56 Å². The molecule has 5 heteroatoms. The monoisotopic (exact) mass is 191 g/mol. The third-order valence-electron chi connectivity index (χ3n) is 2.28. The first-order valence-corrected chi connectivity index (χ1v) is 4.34. The van der Waals surface area contributed by atoms with Crippen LogP contribution in [0.5, 0.6) is 0 Å². The van der Waals surface area contributed by atoms with Gasteiger partial charge in [0.1, 0.15) is 0 Å². The average Bonchev–Trinajstić information content (AvgIpc) is 2.67. The van der Waals surface area contributed by atoms with Crippen molar-refractivity contribution in [3.05, 3.63) is 46.0 Å². The predicted molar refractivity (Wildman–Crippen MR) is 49.7 cm³/mol. The van der Waals surface area contributed by atoms with Crippen molar-refractivity contribution in [1.29, 1.82) is 0 Å². The summed E-state index contributed by atoms with van der Waals surface area (Å²) in [5.74, 6) is -0.203. The summed E-state index contributed by atoms with van der Waals surface area (Å²) in [5, 5.41) is 18.0. The minimum atomic E-state index is -0.905. The lowest BCUT2D eigenvalue weighted by molar-refractivity contribution is -0.522. The van der Waals surface area contributed by atoms with Crippen molar-refractivity contribution in [3.63, 3.8) is 0 Å². The molecule has 0 spiro atoms. The van der Waals surface area contributed by atoms with Gasteiger partial charge in [0.25, 0.3) is 0 Å². The third kappa shape index (κ3) is 1.48. The van der Waals surface area contributed by atoms with E-state index < -0.39 is 6.17 Å². The molecule has 0 amide bonds. The molecule has 1 aromatic carbocycles. The molecular weight excluding hydrogens is 182 g/mol. The molecule has 0 saturated carbocycles. The topological polar surface area (TPSA) is 67.9 Å². The minimum absolute atomic E-state index is 0.203. The number of hydrogen-bond donors (Lipinski definition) is 0. The van der Waals surface area contributed by atoms with Crippen LogP contribution in [0.1, 0.15) is 11.5 Å². The molecule has 1 aliphatic rings. The Hall–Kier alpha value is -1.78. The number of rotatable bonds is 2. The van der Waals surface area contributed by atoms with E-state index in [4.69, 9.17) is 0 Å². The molecule has 5 nitrogen and oxygen atoms in total. The summed E-state index contributed by atoms with van der Waals surface area (Å²) in [5.41, 5.74) is 0.930. The van der Waals surface area contributed by atoms with Crippen LogP contribution >= 0.6 is 0 Å². The van der Waals surface area contributed by atoms with Crippen LogP contribution in [0.2, 0.25) is 0 Å². The SMILES string of the molecule is O=[N+]([O-])C1N=NCC1c1ccccc1. The number of nitro groups is 1. The highest BCUT2D eigenvalue weighted by Gasteiger charge is 2.36. The van der Waals surface area contributed by atoms with Crippen LogP contribution in [-0.2, 0) is 0 Å². The molecule has 0 radical (unpaired) electrons. The molecule has 1 heterocycles. The third-order valence-corrected chi connectivity index (χ3v) is 2.28. The van der Waals surface area contributed by atoms with E-state index in [1.165, 1.54) is 0 Å². The number of hydrogen-bond acceptors (Lipinski definition) is 4. The molecular formula is C9H9N3O2. The Kier molecular flexibility index (Phi) is 2.22. The zero-order valence-electron chi connectivity index (χ0n) is 7.41. The fourth-order valence-corrected chi connectivity index (χ4v) is 1.56. The Labute approximate surface area is 80.6 Å². The Balaban J connectivity index is 2.24. The highest BCUT2D eigenvalue weighted by molar-refractivity contribution is 5.21. The predicted octanol–water partition coefficient (Wildman–Crippen LogP) is 1.84. The molecule has 1 aromatic rings. The molecule has 14 heavy (non-hydrogen) atoms. The zero-order valence-corrected chi connectivity index (χ0v) is 7.41. The quantitative estimate of drug-likeness (QED) is 0.528. The Bertz CT molecular complexity index is 364. The van der Waals surface area contributed by atoms with Crippen molar-refractivity contribution in [1.82, 2.24) is 0 Å². The van der Waals surface area contributed by atoms with E-state index in [1.54, 1.807) is 0 Å². The Morgan fingerprint density at radius 3 is 2.71 bits per heavy atom. The second-order valence-electron chi connectivity index (χ2n) is 3.16. The average molecular weight is 191 g/mol. The largest absolute Gasteiger partial charge is 0.329 e. The van der Waals surface area contributed by atoms with Crippen LogP contribution in [0.4, 0.5) is 0 Å². The Morgan fingerprint density at radius 1 is 1.36 bits per heavy atom. The van der Waals surface area contributed by atoms with Crippen molar-refractivity contribution >= 4 is 0 Å². The van der Waals surface area contributed by atoms with Gasteiger partial charge in [-0.3, -0.25) is 10.1 Å². The number of nitrogens with zero attached hydrogens (tertiary/aromatic N) is 3. The van der Waals surface area contributed by atoms with Gasteiger partial charge >= 0.3 is 6.17 Å². The van der Waals surface area contributed by atoms with E-state index >= 15 is 0 Å². The smallest absolute Gasteiger partial charge is 0.262 e. The molecule has 0 aliphatic carbocycles. The van der Waals surface area contributed by atoms with Crippen LogP contribution in [0.3, 0.4) is 0 Å². The molecule has 2 rings (SSSR count). The summed E-state index contributed by atoms with van der Waals surface area (Å²) < 4.78 is 0.